The molecule has 0 aliphatic carbocycles. The summed E-state index contributed by atoms with van der Waals surface area (Å²) in [5, 5.41) is 6.44. The van der Waals surface area contributed by atoms with Crippen molar-refractivity contribution in [2.24, 2.45) is 0 Å². The van der Waals surface area contributed by atoms with Crippen molar-refractivity contribution >= 4 is 57.3 Å². The van der Waals surface area contributed by atoms with Gasteiger partial charge in [0.05, 0.1) is 5.75 Å². The Morgan fingerprint density at radius 2 is 1.62 bits per heavy atom. The molecule has 122 valence electrons. The summed E-state index contributed by atoms with van der Waals surface area (Å²) >= 11 is 13.7. The average Bonchev–Trinajstić information content (AvgIpc) is 2.57. The molecule has 1 N–H and O–H groups in total. The van der Waals surface area contributed by atoms with Gasteiger partial charge in [-0.05, 0) is 40.6 Å². The standard InChI is InChI=1S/C19H15Cl2NOS/c20-17-6-3-7-18(21)16(17)11-24-12-19(23)22-15-9-8-13-4-1-2-5-14(13)10-15/h1-10H,11-12H2,(H,22,23). The zero-order chi connectivity index (χ0) is 16.9. The Hall–Kier alpha value is -1.68. The van der Waals surface area contributed by atoms with E-state index in [1.807, 2.05) is 48.5 Å². The molecule has 2 nitrogen and oxygen atoms in total. The molecule has 0 aliphatic rings. The molecule has 3 aromatic rings. The Kier molecular flexibility index (Phi) is 5.67. The lowest BCUT2D eigenvalue weighted by molar-refractivity contribution is -0.113. The highest BCUT2D eigenvalue weighted by Crippen LogP contribution is 2.28. The Labute approximate surface area is 155 Å². The van der Waals surface area contributed by atoms with Crippen molar-refractivity contribution in [3.8, 4) is 0 Å². The summed E-state index contributed by atoms with van der Waals surface area (Å²) in [6, 6.07) is 19.4. The molecule has 3 aromatic carbocycles. The zero-order valence-electron chi connectivity index (χ0n) is 12.8. The number of thioether (sulfide) groups is 1. The number of carbonyl (C=O) groups is 1. The molecule has 1 amide bonds. The van der Waals surface area contributed by atoms with Crippen LogP contribution in [0.15, 0.2) is 60.7 Å². The van der Waals surface area contributed by atoms with E-state index in [1.54, 1.807) is 12.1 Å². The molecule has 0 bridgehead atoms. The molecule has 0 aliphatic heterocycles. The second kappa shape index (κ2) is 7.93. The summed E-state index contributed by atoms with van der Waals surface area (Å²) in [6.45, 7) is 0. The Balaban J connectivity index is 1.57. The van der Waals surface area contributed by atoms with Gasteiger partial charge >= 0.3 is 0 Å². The molecule has 0 heterocycles. The molecule has 0 spiro atoms. The summed E-state index contributed by atoms with van der Waals surface area (Å²) in [5.41, 5.74) is 1.67. The highest BCUT2D eigenvalue weighted by molar-refractivity contribution is 7.99. The SMILES string of the molecule is O=C(CSCc1c(Cl)cccc1Cl)Nc1ccc2ccccc2c1. The van der Waals surface area contributed by atoms with Gasteiger partial charge in [0.15, 0.2) is 0 Å². The third-order valence-corrected chi connectivity index (χ3v) is 5.24. The number of carbonyl (C=O) groups excluding carboxylic acids is 1. The van der Waals surface area contributed by atoms with E-state index in [2.05, 4.69) is 5.32 Å². The van der Waals surface area contributed by atoms with Crippen molar-refractivity contribution in [2.45, 2.75) is 5.75 Å². The van der Waals surface area contributed by atoms with Crippen LogP contribution in [-0.4, -0.2) is 11.7 Å². The lowest BCUT2D eigenvalue weighted by atomic mass is 10.1. The van der Waals surface area contributed by atoms with Crippen LogP contribution < -0.4 is 5.32 Å². The average molecular weight is 376 g/mol. The molecule has 0 fully saturated rings. The van der Waals surface area contributed by atoms with Crippen LogP contribution in [0.3, 0.4) is 0 Å². The summed E-state index contributed by atoms with van der Waals surface area (Å²) in [5.74, 6) is 0.899. The van der Waals surface area contributed by atoms with Gasteiger partial charge in [0.2, 0.25) is 5.91 Å². The predicted molar refractivity (Wildman–Crippen MR) is 105 cm³/mol. The van der Waals surface area contributed by atoms with Gasteiger partial charge in [-0.3, -0.25) is 4.79 Å². The van der Waals surface area contributed by atoms with Gasteiger partial charge in [0.25, 0.3) is 0 Å². The van der Waals surface area contributed by atoms with Crippen LogP contribution in [0.1, 0.15) is 5.56 Å². The minimum absolute atomic E-state index is 0.0431. The Morgan fingerprint density at radius 3 is 2.38 bits per heavy atom. The minimum Gasteiger partial charge on any atom is -0.325 e. The third kappa shape index (κ3) is 4.23. The number of benzene rings is 3. The largest absolute Gasteiger partial charge is 0.325 e. The van der Waals surface area contributed by atoms with Gasteiger partial charge in [-0.1, -0.05) is 59.6 Å². The summed E-state index contributed by atoms with van der Waals surface area (Å²) < 4.78 is 0. The topological polar surface area (TPSA) is 29.1 Å². The fourth-order valence-corrected chi connectivity index (χ4v) is 3.94. The van der Waals surface area contributed by atoms with Crippen molar-refractivity contribution in [3.63, 3.8) is 0 Å². The molecular weight excluding hydrogens is 361 g/mol. The van der Waals surface area contributed by atoms with Crippen molar-refractivity contribution in [2.75, 3.05) is 11.1 Å². The first-order valence-corrected chi connectivity index (χ1v) is 9.34. The van der Waals surface area contributed by atoms with Gasteiger partial charge in [-0.15, -0.1) is 11.8 Å². The predicted octanol–water partition coefficient (Wildman–Crippen LogP) is 6.02. The van der Waals surface area contributed by atoms with E-state index in [-0.39, 0.29) is 5.91 Å². The van der Waals surface area contributed by atoms with Crippen LogP contribution in [-0.2, 0) is 10.5 Å². The van der Waals surface area contributed by atoms with Crippen molar-refractivity contribution in [1.29, 1.82) is 0 Å². The van der Waals surface area contributed by atoms with Crippen LogP contribution in [0.5, 0.6) is 0 Å². The van der Waals surface area contributed by atoms with E-state index in [1.165, 1.54) is 11.8 Å². The number of hydrogen-bond donors (Lipinski definition) is 1. The molecule has 0 unspecified atom stereocenters. The van der Waals surface area contributed by atoms with E-state index in [0.717, 1.165) is 22.0 Å². The highest BCUT2D eigenvalue weighted by atomic mass is 35.5. The number of nitrogens with one attached hydrogen (secondary N) is 1. The van der Waals surface area contributed by atoms with E-state index in [0.29, 0.717) is 21.6 Å². The normalized spacial score (nSPS) is 10.8. The second-order valence-corrected chi connectivity index (χ2v) is 7.10. The molecule has 0 saturated carbocycles. The monoisotopic (exact) mass is 375 g/mol. The molecule has 0 aromatic heterocycles. The lowest BCUT2D eigenvalue weighted by Gasteiger charge is -2.08. The summed E-state index contributed by atoms with van der Waals surface area (Å²) in [7, 11) is 0. The Morgan fingerprint density at radius 1 is 0.917 bits per heavy atom. The maximum Gasteiger partial charge on any atom is 0.234 e. The number of anilines is 1. The zero-order valence-corrected chi connectivity index (χ0v) is 15.1. The molecule has 0 atom stereocenters. The van der Waals surface area contributed by atoms with Crippen molar-refractivity contribution in [1.82, 2.24) is 0 Å². The first-order valence-electron chi connectivity index (χ1n) is 7.43. The quantitative estimate of drug-likeness (QED) is 0.590. The molecule has 0 saturated heterocycles. The van der Waals surface area contributed by atoms with Crippen LogP contribution in [0.4, 0.5) is 5.69 Å². The third-order valence-electron chi connectivity index (χ3n) is 3.57. The fraction of sp³-hybridized carbons (Fsp3) is 0.105. The molecule has 5 heteroatoms. The minimum atomic E-state index is -0.0431. The molecule has 3 rings (SSSR count). The van der Waals surface area contributed by atoms with E-state index >= 15 is 0 Å². The first-order chi connectivity index (χ1) is 11.6. The smallest absolute Gasteiger partial charge is 0.234 e. The number of amides is 1. The van der Waals surface area contributed by atoms with Crippen LogP contribution >= 0.6 is 35.0 Å². The van der Waals surface area contributed by atoms with Crippen LogP contribution in [0, 0.1) is 0 Å². The molecule has 0 radical (unpaired) electrons. The van der Waals surface area contributed by atoms with Gasteiger partial charge < -0.3 is 5.32 Å². The van der Waals surface area contributed by atoms with E-state index in [9.17, 15) is 4.79 Å². The highest BCUT2D eigenvalue weighted by Gasteiger charge is 2.08. The van der Waals surface area contributed by atoms with Crippen molar-refractivity contribution in [3.05, 3.63) is 76.3 Å². The lowest BCUT2D eigenvalue weighted by Crippen LogP contribution is -2.14. The van der Waals surface area contributed by atoms with Gasteiger partial charge in [0, 0.05) is 21.5 Å². The second-order valence-electron chi connectivity index (χ2n) is 5.30. The van der Waals surface area contributed by atoms with Crippen LogP contribution in [0.2, 0.25) is 10.0 Å². The maximum atomic E-state index is 12.1. The molecule has 24 heavy (non-hydrogen) atoms. The number of rotatable bonds is 5. The summed E-state index contributed by atoms with van der Waals surface area (Å²) in [6.07, 6.45) is 0. The molecular formula is C19H15Cl2NOS. The van der Waals surface area contributed by atoms with Crippen LogP contribution in [0.25, 0.3) is 10.8 Å². The number of fused-ring (bicyclic) bond motifs is 1. The fourth-order valence-electron chi connectivity index (χ4n) is 2.38. The van der Waals surface area contributed by atoms with Crippen molar-refractivity contribution < 1.29 is 4.79 Å². The van der Waals surface area contributed by atoms with Gasteiger partial charge in [-0.2, -0.15) is 0 Å². The van der Waals surface area contributed by atoms with E-state index < -0.39 is 0 Å². The Bertz CT molecular complexity index is 862. The number of hydrogen-bond acceptors (Lipinski definition) is 2. The number of halogens is 2. The summed E-state index contributed by atoms with van der Waals surface area (Å²) in [4.78, 5) is 12.1. The van der Waals surface area contributed by atoms with E-state index in [4.69, 9.17) is 23.2 Å². The van der Waals surface area contributed by atoms with Gasteiger partial charge in [0.1, 0.15) is 0 Å². The maximum absolute atomic E-state index is 12.1. The first kappa shape index (κ1) is 17.2. The van der Waals surface area contributed by atoms with Gasteiger partial charge in [-0.25, -0.2) is 0 Å².